The topological polar surface area (TPSA) is 87.5 Å². The highest BCUT2D eigenvalue weighted by molar-refractivity contribution is 6.01. The van der Waals surface area contributed by atoms with Crippen LogP contribution in [-0.4, -0.2) is 33.3 Å². The molecule has 0 saturated heterocycles. The summed E-state index contributed by atoms with van der Waals surface area (Å²) in [5, 5.41) is 15.1. The van der Waals surface area contributed by atoms with E-state index in [0.29, 0.717) is 11.1 Å². The van der Waals surface area contributed by atoms with Crippen LogP contribution in [0.2, 0.25) is 0 Å². The Hall–Kier alpha value is -4.03. The molecule has 0 radical (unpaired) electrons. The predicted molar refractivity (Wildman–Crippen MR) is 119 cm³/mol. The van der Waals surface area contributed by atoms with E-state index in [9.17, 15) is 35.9 Å². The van der Waals surface area contributed by atoms with Crippen molar-refractivity contribution in [3.8, 4) is 0 Å². The van der Waals surface area contributed by atoms with Gasteiger partial charge in [0, 0.05) is 13.1 Å². The number of carboxylic acid groups (broad SMARTS) is 1. The first-order valence-electron chi connectivity index (χ1n) is 11.0. The van der Waals surface area contributed by atoms with Gasteiger partial charge < -0.3 is 15.3 Å². The summed E-state index contributed by atoms with van der Waals surface area (Å²) >= 11 is 0. The van der Waals surface area contributed by atoms with Crippen LogP contribution < -0.4 is 10.2 Å². The van der Waals surface area contributed by atoms with E-state index in [4.69, 9.17) is 5.11 Å². The molecule has 0 spiro atoms. The number of nitrogens with zero attached hydrogens (tertiary/aromatic N) is 3. The molecule has 1 aromatic heterocycles. The van der Waals surface area contributed by atoms with Gasteiger partial charge in [-0.05, 0) is 42.3 Å². The average molecular weight is 526 g/mol. The van der Waals surface area contributed by atoms with E-state index < -0.39 is 47.1 Å². The number of carboxylic acids is 1. The zero-order valence-electron chi connectivity index (χ0n) is 19.2. The molecule has 0 unspecified atom stereocenters. The summed E-state index contributed by atoms with van der Waals surface area (Å²) in [5.41, 5.74) is -2.02. The molecule has 0 fully saturated rings. The number of hydrogen-bond acceptors (Lipinski definition) is 4. The average Bonchev–Trinajstić information content (AvgIpc) is 3.39. The summed E-state index contributed by atoms with van der Waals surface area (Å²) in [7, 11) is 0. The SMILES string of the molecule is C[C@H](NC(=O)c1c(C(F)(F)F)nn2c1N(Cc1ccc(C(F)(F)F)cc1)CC2)c1ccc(C(=O)O)cc1. The molecule has 196 valence electrons. The summed E-state index contributed by atoms with van der Waals surface area (Å²) in [6.07, 6.45) is -9.46. The standard InChI is InChI=1S/C24H20F6N4O3/c1-13(15-4-6-16(7-5-15)22(36)37)31-20(35)18-19(24(28,29)30)32-34-11-10-33(21(18)34)12-14-2-8-17(9-3-14)23(25,26)27/h2-9,13H,10-12H2,1H3,(H,31,35)(H,36,37)/t13-/m0/s1. The molecular weight excluding hydrogens is 506 g/mol. The molecule has 4 rings (SSSR count). The van der Waals surface area contributed by atoms with Gasteiger partial charge in [0.05, 0.1) is 23.7 Å². The number of carbonyl (C=O) groups is 2. The number of anilines is 1. The first-order chi connectivity index (χ1) is 17.3. The third-order valence-electron chi connectivity index (χ3n) is 5.96. The van der Waals surface area contributed by atoms with Crippen molar-refractivity contribution >= 4 is 17.7 Å². The Balaban J connectivity index is 1.62. The molecule has 0 aliphatic carbocycles. The first-order valence-corrected chi connectivity index (χ1v) is 11.0. The minimum absolute atomic E-state index is 0.00926. The van der Waals surface area contributed by atoms with Crippen LogP contribution in [0.1, 0.15) is 56.1 Å². The molecule has 13 heteroatoms. The molecule has 3 aromatic rings. The molecule has 1 aliphatic rings. The van der Waals surface area contributed by atoms with Crippen molar-refractivity contribution in [1.82, 2.24) is 15.1 Å². The minimum atomic E-state index is -4.93. The van der Waals surface area contributed by atoms with Crippen LogP contribution in [-0.2, 0) is 25.4 Å². The van der Waals surface area contributed by atoms with Crippen LogP contribution in [0, 0.1) is 0 Å². The number of alkyl halides is 6. The number of halogens is 6. The van der Waals surface area contributed by atoms with E-state index in [2.05, 4.69) is 10.4 Å². The quantitative estimate of drug-likeness (QED) is 0.435. The van der Waals surface area contributed by atoms with Crippen molar-refractivity contribution in [3.05, 3.63) is 82.0 Å². The number of hydrogen-bond donors (Lipinski definition) is 2. The zero-order valence-corrected chi connectivity index (χ0v) is 19.2. The molecular formula is C24H20F6N4O3. The third-order valence-corrected chi connectivity index (χ3v) is 5.96. The zero-order chi connectivity index (χ0) is 27.1. The maximum Gasteiger partial charge on any atom is 0.436 e. The fraction of sp³-hybridized carbons (Fsp3) is 0.292. The van der Waals surface area contributed by atoms with E-state index in [0.717, 1.165) is 16.8 Å². The lowest BCUT2D eigenvalue weighted by atomic mass is 10.1. The summed E-state index contributed by atoms with van der Waals surface area (Å²) < 4.78 is 81.1. The summed E-state index contributed by atoms with van der Waals surface area (Å²) in [4.78, 5) is 25.6. The maximum absolute atomic E-state index is 13.8. The van der Waals surface area contributed by atoms with E-state index >= 15 is 0 Å². The van der Waals surface area contributed by atoms with E-state index in [-0.39, 0.29) is 31.0 Å². The maximum atomic E-state index is 13.8. The molecule has 1 atom stereocenters. The summed E-state index contributed by atoms with van der Waals surface area (Å²) in [6.45, 7) is 1.75. The molecule has 37 heavy (non-hydrogen) atoms. The van der Waals surface area contributed by atoms with Crippen molar-refractivity contribution in [3.63, 3.8) is 0 Å². The molecule has 0 saturated carbocycles. The Morgan fingerprint density at radius 1 is 0.973 bits per heavy atom. The number of aromatic nitrogens is 2. The van der Waals surface area contributed by atoms with Crippen LogP contribution >= 0.6 is 0 Å². The minimum Gasteiger partial charge on any atom is -0.478 e. The lowest BCUT2D eigenvalue weighted by molar-refractivity contribution is -0.142. The number of rotatable bonds is 6. The van der Waals surface area contributed by atoms with Gasteiger partial charge in [-0.15, -0.1) is 0 Å². The second kappa shape index (κ2) is 9.45. The van der Waals surface area contributed by atoms with E-state index in [1.165, 1.54) is 48.2 Å². The van der Waals surface area contributed by atoms with Crippen LogP contribution in [0.3, 0.4) is 0 Å². The van der Waals surface area contributed by atoms with Crippen LogP contribution in [0.25, 0.3) is 0 Å². The van der Waals surface area contributed by atoms with Gasteiger partial charge in [0.2, 0.25) is 0 Å². The Labute approximate surface area is 206 Å². The molecule has 1 amide bonds. The second-order valence-corrected chi connectivity index (χ2v) is 8.51. The number of nitrogens with one attached hydrogen (secondary N) is 1. The highest BCUT2D eigenvalue weighted by Gasteiger charge is 2.44. The van der Waals surface area contributed by atoms with E-state index in [1.54, 1.807) is 0 Å². The summed E-state index contributed by atoms with van der Waals surface area (Å²) in [6, 6.07) is 8.97. The third kappa shape index (κ3) is 5.39. The van der Waals surface area contributed by atoms with Crippen LogP contribution in [0.4, 0.5) is 32.2 Å². The van der Waals surface area contributed by atoms with Crippen molar-refractivity contribution in [2.45, 2.75) is 38.4 Å². The monoisotopic (exact) mass is 526 g/mol. The lowest BCUT2D eigenvalue weighted by Gasteiger charge is -2.21. The number of aromatic carboxylic acids is 1. The van der Waals surface area contributed by atoms with Crippen LogP contribution in [0.5, 0.6) is 0 Å². The van der Waals surface area contributed by atoms with Crippen molar-refractivity contribution in [2.24, 2.45) is 0 Å². The number of carbonyl (C=O) groups excluding carboxylic acids is 1. The van der Waals surface area contributed by atoms with E-state index in [1.807, 2.05) is 0 Å². The van der Waals surface area contributed by atoms with Gasteiger partial charge in [-0.1, -0.05) is 24.3 Å². The van der Waals surface area contributed by atoms with Crippen molar-refractivity contribution in [2.75, 3.05) is 11.4 Å². The van der Waals surface area contributed by atoms with Gasteiger partial charge >= 0.3 is 18.3 Å². The highest BCUT2D eigenvalue weighted by Crippen LogP contribution is 2.39. The Kier molecular flexibility index (Phi) is 6.65. The number of amides is 1. The van der Waals surface area contributed by atoms with Crippen LogP contribution in [0.15, 0.2) is 48.5 Å². The first kappa shape index (κ1) is 26.0. The second-order valence-electron chi connectivity index (χ2n) is 8.51. The normalized spacial score (nSPS) is 14.4. The van der Waals surface area contributed by atoms with Gasteiger partial charge in [-0.25, -0.2) is 9.48 Å². The van der Waals surface area contributed by atoms with Crippen molar-refractivity contribution in [1.29, 1.82) is 0 Å². The fourth-order valence-electron chi connectivity index (χ4n) is 4.10. The smallest absolute Gasteiger partial charge is 0.436 e. The van der Waals surface area contributed by atoms with Gasteiger partial charge in [0.15, 0.2) is 5.69 Å². The predicted octanol–water partition coefficient (Wildman–Crippen LogP) is 5.13. The lowest BCUT2D eigenvalue weighted by Crippen LogP contribution is -2.31. The Bertz CT molecular complexity index is 1310. The van der Waals surface area contributed by atoms with Gasteiger partial charge in [0.1, 0.15) is 11.4 Å². The fourth-order valence-corrected chi connectivity index (χ4v) is 4.10. The molecule has 2 N–H and O–H groups in total. The Morgan fingerprint density at radius 3 is 2.14 bits per heavy atom. The van der Waals surface area contributed by atoms with Gasteiger partial charge in [-0.3, -0.25) is 4.79 Å². The van der Waals surface area contributed by atoms with Gasteiger partial charge in [-0.2, -0.15) is 31.4 Å². The van der Waals surface area contributed by atoms with Gasteiger partial charge in [0.25, 0.3) is 5.91 Å². The molecule has 2 heterocycles. The largest absolute Gasteiger partial charge is 0.478 e. The Morgan fingerprint density at radius 2 is 1.59 bits per heavy atom. The number of fused-ring (bicyclic) bond motifs is 1. The molecule has 7 nitrogen and oxygen atoms in total. The highest BCUT2D eigenvalue weighted by atomic mass is 19.4. The molecule has 0 bridgehead atoms. The molecule has 1 aliphatic heterocycles. The molecule has 2 aromatic carbocycles. The summed E-state index contributed by atoms with van der Waals surface area (Å²) in [5.74, 6) is -2.28. The van der Waals surface area contributed by atoms with Crippen molar-refractivity contribution < 1.29 is 41.0 Å². The number of benzene rings is 2.